The Balaban J connectivity index is 2.59. The molecule has 3 nitrogen and oxygen atoms in total. The minimum absolute atomic E-state index is 0.0381. The number of thiazole rings is 1. The number of rotatable bonds is 3. The van der Waals surface area contributed by atoms with E-state index in [1.165, 1.54) is 0 Å². The van der Waals surface area contributed by atoms with Crippen LogP contribution in [0.15, 0.2) is 5.51 Å². The first-order chi connectivity index (χ1) is 6.15. The summed E-state index contributed by atoms with van der Waals surface area (Å²) < 4.78 is 0. The number of carbonyl (C=O) groups is 1. The predicted molar refractivity (Wildman–Crippen MR) is 57.2 cm³/mol. The molecule has 0 aliphatic heterocycles. The van der Waals surface area contributed by atoms with E-state index < -0.39 is 0 Å². The van der Waals surface area contributed by atoms with Crippen molar-refractivity contribution in [3.63, 3.8) is 0 Å². The standard InChI is InChI=1S/C8H12N2OS2/c1-6-7(13-5-9-6)3-10(2)8(11)4-12/h5,12H,3-4H2,1-2H3. The van der Waals surface area contributed by atoms with Gasteiger partial charge in [0.25, 0.3) is 0 Å². The summed E-state index contributed by atoms with van der Waals surface area (Å²) in [7, 11) is 1.78. The molecule has 0 saturated heterocycles. The number of thiol groups is 1. The van der Waals surface area contributed by atoms with Crippen molar-refractivity contribution in [3.8, 4) is 0 Å². The Kier molecular flexibility index (Phi) is 3.74. The summed E-state index contributed by atoms with van der Waals surface area (Å²) in [6.45, 7) is 2.58. The zero-order valence-electron chi connectivity index (χ0n) is 7.65. The minimum Gasteiger partial charge on any atom is -0.340 e. The molecule has 0 fully saturated rings. The molecule has 1 amide bonds. The van der Waals surface area contributed by atoms with E-state index in [4.69, 9.17) is 0 Å². The van der Waals surface area contributed by atoms with Crippen LogP contribution in [0.5, 0.6) is 0 Å². The molecular weight excluding hydrogens is 204 g/mol. The van der Waals surface area contributed by atoms with Gasteiger partial charge in [-0.1, -0.05) is 0 Å². The lowest BCUT2D eigenvalue weighted by Gasteiger charge is -2.14. The van der Waals surface area contributed by atoms with E-state index in [2.05, 4.69) is 17.6 Å². The fourth-order valence-corrected chi connectivity index (χ4v) is 1.97. The summed E-state index contributed by atoms with van der Waals surface area (Å²) in [5.41, 5.74) is 2.80. The predicted octanol–water partition coefficient (Wildman–Crippen LogP) is 1.34. The number of aromatic nitrogens is 1. The van der Waals surface area contributed by atoms with Gasteiger partial charge in [0.05, 0.1) is 23.5 Å². The second kappa shape index (κ2) is 4.62. The van der Waals surface area contributed by atoms with E-state index in [0.29, 0.717) is 6.54 Å². The Morgan fingerprint density at radius 3 is 2.92 bits per heavy atom. The van der Waals surface area contributed by atoms with Gasteiger partial charge in [-0.2, -0.15) is 12.6 Å². The highest BCUT2D eigenvalue weighted by Gasteiger charge is 2.09. The van der Waals surface area contributed by atoms with E-state index in [-0.39, 0.29) is 11.7 Å². The topological polar surface area (TPSA) is 33.2 Å². The molecule has 0 saturated carbocycles. The molecule has 1 rings (SSSR count). The number of carbonyl (C=O) groups excluding carboxylic acids is 1. The third-order valence-electron chi connectivity index (χ3n) is 1.79. The molecule has 0 aliphatic carbocycles. The molecule has 1 aromatic rings. The van der Waals surface area contributed by atoms with Gasteiger partial charge in [0.15, 0.2) is 0 Å². The maximum Gasteiger partial charge on any atom is 0.232 e. The van der Waals surface area contributed by atoms with Crippen molar-refractivity contribution in [2.24, 2.45) is 0 Å². The molecule has 1 heterocycles. The van der Waals surface area contributed by atoms with Crippen molar-refractivity contribution in [1.82, 2.24) is 9.88 Å². The van der Waals surface area contributed by atoms with Crippen molar-refractivity contribution in [2.45, 2.75) is 13.5 Å². The lowest BCUT2D eigenvalue weighted by Crippen LogP contribution is -2.26. The first-order valence-electron chi connectivity index (χ1n) is 3.89. The smallest absolute Gasteiger partial charge is 0.232 e. The first-order valence-corrected chi connectivity index (χ1v) is 5.40. The number of amides is 1. The van der Waals surface area contributed by atoms with E-state index >= 15 is 0 Å². The number of aryl methyl sites for hydroxylation is 1. The van der Waals surface area contributed by atoms with Crippen LogP contribution >= 0.6 is 24.0 Å². The van der Waals surface area contributed by atoms with Crippen LogP contribution in [-0.2, 0) is 11.3 Å². The van der Waals surface area contributed by atoms with Gasteiger partial charge in [-0.05, 0) is 6.92 Å². The highest BCUT2D eigenvalue weighted by atomic mass is 32.1. The molecule has 0 atom stereocenters. The summed E-state index contributed by atoms with van der Waals surface area (Å²) in [4.78, 5) is 18.1. The zero-order valence-corrected chi connectivity index (χ0v) is 9.36. The van der Waals surface area contributed by atoms with Crippen molar-refractivity contribution < 1.29 is 4.79 Å². The molecule has 0 radical (unpaired) electrons. The summed E-state index contributed by atoms with van der Waals surface area (Å²) in [6.07, 6.45) is 0. The Bertz CT molecular complexity index is 298. The van der Waals surface area contributed by atoms with Gasteiger partial charge >= 0.3 is 0 Å². The summed E-state index contributed by atoms with van der Waals surface area (Å²) in [5.74, 6) is 0.296. The summed E-state index contributed by atoms with van der Waals surface area (Å²) >= 11 is 5.50. The largest absolute Gasteiger partial charge is 0.340 e. The molecular formula is C8H12N2OS2. The van der Waals surface area contributed by atoms with Crippen LogP contribution < -0.4 is 0 Å². The second-order valence-corrected chi connectivity index (χ2v) is 4.02. The van der Waals surface area contributed by atoms with Crippen molar-refractivity contribution in [3.05, 3.63) is 16.1 Å². The molecule has 0 N–H and O–H groups in total. The average Bonchev–Trinajstić information content (AvgIpc) is 2.50. The number of hydrogen-bond acceptors (Lipinski definition) is 4. The SMILES string of the molecule is Cc1ncsc1CN(C)C(=O)CS. The van der Waals surface area contributed by atoms with E-state index in [1.807, 2.05) is 6.92 Å². The monoisotopic (exact) mass is 216 g/mol. The van der Waals surface area contributed by atoms with Gasteiger partial charge in [0.1, 0.15) is 0 Å². The Labute approximate surface area is 87.2 Å². The maximum atomic E-state index is 11.2. The van der Waals surface area contributed by atoms with Gasteiger partial charge in [-0.3, -0.25) is 4.79 Å². The molecule has 0 spiro atoms. The fraction of sp³-hybridized carbons (Fsp3) is 0.500. The van der Waals surface area contributed by atoms with Crippen molar-refractivity contribution in [2.75, 3.05) is 12.8 Å². The van der Waals surface area contributed by atoms with E-state index in [1.54, 1.807) is 28.8 Å². The van der Waals surface area contributed by atoms with Crippen LogP contribution in [0.2, 0.25) is 0 Å². The van der Waals surface area contributed by atoms with Crippen LogP contribution in [0.3, 0.4) is 0 Å². The van der Waals surface area contributed by atoms with E-state index in [9.17, 15) is 4.79 Å². The molecule has 0 bridgehead atoms. The molecule has 72 valence electrons. The van der Waals surface area contributed by atoms with Gasteiger partial charge in [0.2, 0.25) is 5.91 Å². The van der Waals surface area contributed by atoms with Crippen LogP contribution in [0.1, 0.15) is 10.6 Å². The minimum atomic E-state index is 0.0381. The van der Waals surface area contributed by atoms with Crippen LogP contribution in [0, 0.1) is 6.92 Å². The number of nitrogens with zero attached hydrogens (tertiary/aromatic N) is 2. The molecule has 0 aromatic carbocycles. The molecule has 1 aromatic heterocycles. The quantitative estimate of drug-likeness (QED) is 0.774. The summed E-state index contributed by atoms with van der Waals surface area (Å²) in [6, 6.07) is 0. The van der Waals surface area contributed by atoms with Crippen LogP contribution in [-0.4, -0.2) is 28.6 Å². The van der Waals surface area contributed by atoms with Crippen LogP contribution in [0.4, 0.5) is 0 Å². The molecule has 13 heavy (non-hydrogen) atoms. The lowest BCUT2D eigenvalue weighted by atomic mass is 10.3. The fourth-order valence-electron chi connectivity index (χ4n) is 0.902. The maximum absolute atomic E-state index is 11.2. The number of hydrogen-bond donors (Lipinski definition) is 1. The van der Waals surface area contributed by atoms with Crippen molar-refractivity contribution in [1.29, 1.82) is 0 Å². The highest BCUT2D eigenvalue weighted by molar-refractivity contribution is 7.81. The second-order valence-electron chi connectivity index (χ2n) is 2.77. The zero-order chi connectivity index (χ0) is 9.84. The molecule has 5 heteroatoms. The Morgan fingerprint density at radius 1 is 1.77 bits per heavy atom. The van der Waals surface area contributed by atoms with Crippen molar-refractivity contribution >= 4 is 29.9 Å². The lowest BCUT2D eigenvalue weighted by molar-refractivity contribution is -0.127. The van der Waals surface area contributed by atoms with Crippen LogP contribution in [0.25, 0.3) is 0 Å². The Morgan fingerprint density at radius 2 is 2.46 bits per heavy atom. The van der Waals surface area contributed by atoms with Gasteiger partial charge < -0.3 is 4.90 Å². The normalized spacial score (nSPS) is 10.1. The Hall–Kier alpha value is -0.550. The van der Waals surface area contributed by atoms with Gasteiger partial charge in [-0.25, -0.2) is 4.98 Å². The van der Waals surface area contributed by atoms with Gasteiger partial charge in [0, 0.05) is 11.9 Å². The highest BCUT2D eigenvalue weighted by Crippen LogP contribution is 2.14. The third kappa shape index (κ3) is 2.70. The molecule has 0 aliphatic rings. The summed E-state index contributed by atoms with van der Waals surface area (Å²) in [5, 5.41) is 0. The van der Waals surface area contributed by atoms with Gasteiger partial charge in [-0.15, -0.1) is 11.3 Å². The average molecular weight is 216 g/mol. The molecule has 0 unspecified atom stereocenters. The third-order valence-corrected chi connectivity index (χ3v) is 2.98. The van der Waals surface area contributed by atoms with E-state index in [0.717, 1.165) is 10.6 Å². The first kappa shape index (κ1) is 10.5.